The number of nitrogens with zero attached hydrogens (tertiary/aromatic N) is 6. The second-order valence-electron chi connectivity index (χ2n) is 15.9. The highest BCUT2D eigenvalue weighted by Gasteiger charge is 2.23. The fourth-order valence-electron chi connectivity index (χ4n) is 8.89. The van der Waals surface area contributed by atoms with Crippen molar-refractivity contribution >= 4 is 27.8 Å². The monoisotopic (exact) mass is 818 g/mol. The SMILES string of the molecule is c1ccc(-c2ccc3nc4n(-c5c(-c6ccccc6)cccc5-c5ccccc5)c5ccc(-c6ccc(-c7nc(-c8ccccc8)nc(-c8ccccc8)n7)cc6)cc5n4c3c2)cc1. The molecule has 0 spiro atoms. The molecule has 64 heavy (non-hydrogen) atoms. The van der Waals surface area contributed by atoms with Crippen LogP contribution in [0.25, 0.3) is 112 Å². The predicted molar refractivity (Wildman–Crippen MR) is 261 cm³/mol. The van der Waals surface area contributed by atoms with E-state index in [1.54, 1.807) is 0 Å². The van der Waals surface area contributed by atoms with Crippen molar-refractivity contribution in [3.8, 4) is 84.4 Å². The van der Waals surface area contributed by atoms with Crippen LogP contribution in [0.1, 0.15) is 0 Å². The van der Waals surface area contributed by atoms with E-state index < -0.39 is 0 Å². The number of benzene rings is 9. The number of imidazole rings is 2. The zero-order valence-corrected chi connectivity index (χ0v) is 34.6. The minimum atomic E-state index is 0.624. The molecule has 0 unspecified atom stereocenters. The number of para-hydroxylation sites is 1. The highest BCUT2D eigenvalue weighted by molar-refractivity contribution is 5.98. The van der Waals surface area contributed by atoms with Gasteiger partial charge >= 0.3 is 0 Å². The van der Waals surface area contributed by atoms with Gasteiger partial charge in [0.05, 0.1) is 27.8 Å². The van der Waals surface area contributed by atoms with Crippen LogP contribution in [0.4, 0.5) is 0 Å². The van der Waals surface area contributed by atoms with Gasteiger partial charge in [0.2, 0.25) is 5.78 Å². The second-order valence-corrected chi connectivity index (χ2v) is 15.9. The smallest absolute Gasteiger partial charge is 0.220 e. The van der Waals surface area contributed by atoms with E-state index in [0.717, 1.165) is 94.7 Å². The Labute approximate surface area is 370 Å². The molecule has 12 aromatic rings. The molecule has 0 aliphatic rings. The van der Waals surface area contributed by atoms with E-state index in [2.05, 4.69) is 179 Å². The third-order valence-electron chi connectivity index (χ3n) is 12.0. The van der Waals surface area contributed by atoms with Crippen molar-refractivity contribution < 1.29 is 0 Å². The van der Waals surface area contributed by atoms with Crippen LogP contribution in [0.3, 0.4) is 0 Å². The van der Waals surface area contributed by atoms with Crippen LogP contribution in [0.15, 0.2) is 231 Å². The largest absolute Gasteiger partial charge is 0.277 e. The maximum atomic E-state index is 5.45. The molecule has 0 fully saturated rings. The van der Waals surface area contributed by atoms with E-state index in [1.807, 2.05) is 60.7 Å². The first kappa shape index (κ1) is 37.1. The lowest BCUT2D eigenvalue weighted by Gasteiger charge is -2.18. The van der Waals surface area contributed by atoms with Gasteiger partial charge in [-0.2, -0.15) is 0 Å². The lowest BCUT2D eigenvalue weighted by molar-refractivity contribution is 1.07. The third-order valence-corrected chi connectivity index (χ3v) is 12.0. The van der Waals surface area contributed by atoms with E-state index in [9.17, 15) is 0 Å². The molecule has 3 aromatic heterocycles. The van der Waals surface area contributed by atoms with Crippen molar-refractivity contribution in [1.82, 2.24) is 28.9 Å². The van der Waals surface area contributed by atoms with Gasteiger partial charge in [0.25, 0.3) is 0 Å². The average Bonchev–Trinajstić information content (AvgIpc) is 3.91. The second kappa shape index (κ2) is 15.6. The summed E-state index contributed by atoms with van der Waals surface area (Å²) in [7, 11) is 0. The Morgan fingerprint density at radius 1 is 0.266 bits per heavy atom. The fraction of sp³-hybridized carbons (Fsp3) is 0. The molecule has 0 atom stereocenters. The minimum Gasteiger partial charge on any atom is -0.277 e. The van der Waals surface area contributed by atoms with Crippen molar-refractivity contribution in [2.75, 3.05) is 0 Å². The van der Waals surface area contributed by atoms with E-state index in [0.29, 0.717) is 17.5 Å². The van der Waals surface area contributed by atoms with E-state index in [-0.39, 0.29) is 0 Å². The van der Waals surface area contributed by atoms with Gasteiger partial charge in [-0.1, -0.05) is 206 Å². The first-order valence-electron chi connectivity index (χ1n) is 21.5. The molecular weight excluding hydrogens is 781 g/mol. The Kier molecular flexibility index (Phi) is 9.05. The normalized spacial score (nSPS) is 11.4. The summed E-state index contributed by atoms with van der Waals surface area (Å²) in [6, 6.07) is 80.6. The van der Waals surface area contributed by atoms with Gasteiger partial charge in [0.1, 0.15) is 0 Å². The quantitative estimate of drug-likeness (QED) is 0.153. The molecular formula is C58H38N6. The Morgan fingerprint density at radius 2 is 0.656 bits per heavy atom. The van der Waals surface area contributed by atoms with Gasteiger partial charge in [0.15, 0.2) is 17.5 Å². The molecule has 3 heterocycles. The molecule has 0 saturated carbocycles. The topological polar surface area (TPSA) is 60.9 Å². The van der Waals surface area contributed by atoms with Crippen LogP contribution in [0, 0.1) is 0 Å². The zero-order chi connectivity index (χ0) is 42.4. The lowest BCUT2D eigenvalue weighted by Crippen LogP contribution is -2.01. The van der Waals surface area contributed by atoms with Crippen molar-refractivity contribution in [2.45, 2.75) is 0 Å². The number of aromatic nitrogens is 6. The highest BCUT2D eigenvalue weighted by Crippen LogP contribution is 2.41. The van der Waals surface area contributed by atoms with E-state index >= 15 is 0 Å². The molecule has 0 amide bonds. The standard InChI is InChI=1S/C58H38N6/c1-6-17-39(18-7-1)46-33-35-50-52(37-46)63-53-38-47(40-29-31-45(32-30-40)57-61-55(43-23-12-4-13-24-43)60-56(62-57)44-25-14-5-15-26-44)34-36-51(53)64(58(63)59-50)54-48(41-19-8-2-9-20-41)27-16-28-49(54)42-21-10-3-11-22-42/h1-38H. The van der Waals surface area contributed by atoms with Crippen molar-refractivity contribution in [3.63, 3.8) is 0 Å². The minimum absolute atomic E-state index is 0.624. The summed E-state index contributed by atoms with van der Waals surface area (Å²) in [5.74, 6) is 2.75. The summed E-state index contributed by atoms with van der Waals surface area (Å²) in [5.41, 5.74) is 17.0. The number of hydrogen-bond donors (Lipinski definition) is 0. The van der Waals surface area contributed by atoms with Crippen LogP contribution < -0.4 is 0 Å². The van der Waals surface area contributed by atoms with Crippen molar-refractivity contribution in [1.29, 1.82) is 0 Å². The van der Waals surface area contributed by atoms with Gasteiger partial charge in [-0.3, -0.25) is 8.97 Å². The predicted octanol–water partition coefficient (Wildman–Crippen LogP) is 14.3. The summed E-state index contributed by atoms with van der Waals surface area (Å²) in [6.45, 7) is 0. The van der Waals surface area contributed by atoms with Gasteiger partial charge < -0.3 is 0 Å². The summed E-state index contributed by atoms with van der Waals surface area (Å²) in [4.78, 5) is 20.3. The van der Waals surface area contributed by atoms with Gasteiger partial charge in [-0.05, 0) is 57.6 Å². The molecule has 6 nitrogen and oxygen atoms in total. The highest BCUT2D eigenvalue weighted by atomic mass is 15.2. The number of fused-ring (bicyclic) bond motifs is 5. The van der Waals surface area contributed by atoms with Gasteiger partial charge in [-0.15, -0.1) is 0 Å². The lowest BCUT2D eigenvalue weighted by atomic mass is 9.95. The van der Waals surface area contributed by atoms with E-state index in [1.165, 1.54) is 0 Å². The number of hydrogen-bond acceptors (Lipinski definition) is 4. The summed E-state index contributed by atoms with van der Waals surface area (Å²) in [5, 5.41) is 0. The van der Waals surface area contributed by atoms with Crippen LogP contribution in [0.5, 0.6) is 0 Å². The molecule has 0 radical (unpaired) electrons. The Balaban J connectivity index is 1.06. The van der Waals surface area contributed by atoms with Crippen LogP contribution >= 0.6 is 0 Å². The van der Waals surface area contributed by atoms with Crippen LogP contribution in [0.2, 0.25) is 0 Å². The molecule has 0 bridgehead atoms. The molecule has 0 saturated heterocycles. The first-order valence-corrected chi connectivity index (χ1v) is 21.5. The Hall–Kier alpha value is -8.74. The van der Waals surface area contributed by atoms with Gasteiger partial charge in [0, 0.05) is 27.8 Å². The molecule has 0 aliphatic carbocycles. The molecule has 12 rings (SSSR count). The summed E-state index contributed by atoms with van der Waals surface area (Å²) >= 11 is 0. The maximum absolute atomic E-state index is 5.45. The summed E-state index contributed by atoms with van der Waals surface area (Å²) in [6.07, 6.45) is 0. The third kappa shape index (κ3) is 6.53. The molecule has 6 heteroatoms. The van der Waals surface area contributed by atoms with Crippen molar-refractivity contribution in [3.05, 3.63) is 231 Å². The fourth-order valence-corrected chi connectivity index (χ4v) is 8.89. The molecule has 300 valence electrons. The van der Waals surface area contributed by atoms with E-state index in [4.69, 9.17) is 19.9 Å². The number of rotatable bonds is 8. The van der Waals surface area contributed by atoms with Crippen LogP contribution in [-0.4, -0.2) is 28.9 Å². The average molecular weight is 819 g/mol. The maximum Gasteiger partial charge on any atom is 0.220 e. The summed E-state index contributed by atoms with van der Waals surface area (Å²) < 4.78 is 4.71. The van der Waals surface area contributed by atoms with Gasteiger partial charge in [-0.25, -0.2) is 19.9 Å². The zero-order valence-electron chi connectivity index (χ0n) is 34.6. The Morgan fingerprint density at radius 3 is 1.17 bits per heavy atom. The molecule has 9 aromatic carbocycles. The van der Waals surface area contributed by atoms with Crippen molar-refractivity contribution in [2.24, 2.45) is 0 Å². The molecule has 0 aliphatic heterocycles. The first-order chi connectivity index (χ1) is 31.7. The Bertz CT molecular complexity index is 3500. The molecule has 0 N–H and O–H groups in total. The van der Waals surface area contributed by atoms with Crippen LogP contribution in [-0.2, 0) is 0 Å².